The SMILES string of the molecule is CCCCCCCCCCCCCCCCCCOCC(CNC(=O)CCCCCCCCCCCCCCCCC)OP(=O)([O-])OCC[N+](C)(C)C. The number of carbonyl (C=O) groups excluding carboxylic acids is 1. The van der Waals surface area contributed by atoms with Crippen LogP contribution in [-0.2, 0) is 23.1 Å². The summed E-state index contributed by atoms with van der Waals surface area (Å²) >= 11 is 0. The Morgan fingerprint density at radius 3 is 1.30 bits per heavy atom. The van der Waals surface area contributed by atoms with Crippen molar-refractivity contribution < 1.29 is 32.5 Å². The van der Waals surface area contributed by atoms with Crippen LogP contribution in [-0.4, -0.2) is 70.5 Å². The molecule has 2 atom stereocenters. The molecule has 0 aliphatic carbocycles. The third kappa shape index (κ3) is 42.5. The molecular weight excluding hydrogens is 683 g/mol. The molecule has 0 spiro atoms. The number of ether oxygens (including phenoxy) is 1. The number of carbonyl (C=O) groups is 1. The maximum absolute atomic E-state index is 12.6. The Morgan fingerprint density at radius 1 is 0.566 bits per heavy atom. The van der Waals surface area contributed by atoms with E-state index in [1.807, 2.05) is 21.1 Å². The molecule has 2 unspecified atom stereocenters. The van der Waals surface area contributed by atoms with Crippen LogP contribution in [0.2, 0.25) is 0 Å². The summed E-state index contributed by atoms with van der Waals surface area (Å²) in [5.74, 6) is -0.0715. The second-order valence-electron chi connectivity index (χ2n) is 16.9. The average molecular weight is 775 g/mol. The van der Waals surface area contributed by atoms with Crippen molar-refractivity contribution in [1.82, 2.24) is 5.32 Å². The summed E-state index contributed by atoms with van der Waals surface area (Å²) in [6.07, 6.45) is 40.0. The lowest BCUT2D eigenvalue weighted by atomic mass is 10.0. The van der Waals surface area contributed by atoms with Gasteiger partial charge in [-0.2, -0.15) is 0 Å². The summed E-state index contributed by atoms with van der Waals surface area (Å²) < 4.78 is 29.6. The largest absolute Gasteiger partial charge is 0.756 e. The Hall–Kier alpha value is -0.500. The molecule has 0 saturated heterocycles. The number of likely N-dealkylation sites (N-methyl/N-ethyl adjacent to an activating group) is 1. The van der Waals surface area contributed by atoms with Gasteiger partial charge in [-0.3, -0.25) is 9.36 Å². The van der Waals surface area contributed by atoms with Crippen molar-refractivity contribution in [3.63, 3.8) is 0 Å². The summed E-state index contributed by atoms with van der Waals surface area (Å²) in [7, 11) is 1.39. The van der Waals surface area contributed by atoms with Gasteiger partial charge in [0.05, 0.1) is 27.7 Å². The first-order chi connectivity index (χ1) is 25.6. The predicted octanol–water partition coefficient (Wildman–Crippen LogP) is 12.2. The molecule has 0 aromatic carbocycles. The van der Waals surface area contributed by atoms with E-state index in [9.17, 15) is 14.3 Å². The average Bonchev–Trinajstić information content (AvgIpc) is 3.10. The van der Waals surface area contributed by atoms with E-state index < -0.39 is 13.9 Å². The molecule has 0 fully saturated rings. The molecule has 0 aromatic heterocycles. The van der Waals surface area contributed by atoms with Crippen LogP contribution in [0.4, 0.5) is 0 Å². The fraction of sp³-hybridized carbons (Fsp3) is 0.977. The normalized spacial score (nSPS) is 13.7. The summed E-state index contributed by atoms with van der Waals surface area (Å²) in [6.45, 7) is 5.86. The summed E-state index contributed by atoms with van der Waals surface area (Å²) in [6, 6.07) is 0. The Kier molecular flexibility index (Phi) is 38.0. The van der Waals surface area contributed by atoms with Crippen molar-refractivity contribution in [1.29, 1.82) is 0 Å². The Labute approximate surface area is 330 Å². The molecule has 0 rings (SSSR count). The first kappa shape index (κ1) is 52.5. The third-order valence-electron chi connectivity index (χ3n) is 10.3. The second-order valence-corrected chi connectivity index (χ2v) is 18.3. The molecular formula is C44H91N2O6P. The zero-order valence-corrected chi connectivity index (χ0v) is 37.0. The van der Waals surface area contributed by atoms with Crippen LogP contribution in [0.25, 0.3) is 0 Å². The number of quaternary nitrogens is 1. The lowest BCUT2D eigenvalue weighted by Gasteiger charge is -2.30. The molecule has 0 saturated carbocycles. The lowest BCUT2D eigenvalue weighted by molar-refractivity contribution is -0.870. The molecule has 0 heterocycles. The Bertz CT molecular complexity index is 824. The van der Waals surface area contributed by atoms with E-state index in [-0.39, 0.29) is 25.7 Å². The predicted molar refractivity (Wildman–Crippen MR) is 224 cm³/mol. The van der Waals surface area contributed by atoms with Crippen molar-refractivity contribution in [3.8, 4) is 0 Å². The van der Waals surface area contributed by atoms with E-state index in [0.717, 1.165) is 32.1 Å². The molecule has 53 heavy (non-hydrogen) atoms. The van der Waals surface area contributed by atoms with Gasteiger partial charge in [0.2, 0.25) is 5.91 Å². The van der Waals surface area contributed by atoms with Crippen LogP contribution < -0.4 is 10.2 Å². The summed E-state index contributed by atoms with van der Waals surface area (Å²) in [4.78, 5) is 25.2. The van der Waals surface area contributed by atoms with E-state index >= 15 is 0 Å². The number of nitrogens with zero attached hydrogens (tertiary/aromatic N) is 1. The zero-order chi connectivity index (χ0) is 39.1. The van der Waals surface area contributed by atoms with E-state index in [0.29, 0.717) is 24.1 Å². The molecule has 0 aliphatic heterocycles. The molecule has 1 N–H and O–H groups in total. The Morgan fingerprint density at radius 2 is 0.925 bits per heavy atom. The molecule has 0 aliphatic rings. The Balaban J connectivity index is 4.13. The summed E-state index contributed by atoms with van der Waals surface area (Å²) in [5.41, 5.74) is 0. The van der Waals surface area contributed by atoms with Gasteiger partial charge in [-0.15, -0.1) is 0 Å². The van der Waals surface area contributed by atoms with Crippen LogP contribution in [0.15, 0.2) is 0 Å². The van der Waals surface area contributed by atoms with Gasteiger partial charge in [-0.05, 0) is 12.8 Å². The maximum Gasteiger partial charge on any atom is 0.268 e. The standard InChI is InChI=1S/C44H91N2O6P/c1-6-8-10-12-14-16-18-20-22-24-26-28-30-32-34-36-39-50-42-43(52-53(48,49)51-40-38-46(3,4)5)41-45-44(47)37-35-33-31-29-27-25-23-21-19-17-15-13-11-9-7-2/h43H,6-42H2,1-5H3,(H-,45,47,48,49). The molecule has 0 bridgehead atoms. The smallest absolute Gasteiger partial charge is 0.268 e. The molecule has 0 radical (unpaired) electrons. The maximum atomic E-state index is 12.6. The van der Waals surface area contributed by atoms with Gasteiger partial charge in [-0.1, -0.05) is 200 Å². The zero-order valence-electron chi connectivity index (χ0n) is 36.1. The fourth-order valence-electron chi connectivity index (χ4n) is 6.71. The number of phosphoric ester groups is 1. The molecule has 9 heteroatoms. The van der Waals surface area contributed by atoms with Crippen LogP contribution in [0.5, 0.6) is 0 Å². The monoisotopic (exact) mass is 775 g/mol. The van der Waals surface area contributed by atoms with Crippen molar-refractivity contribution in [2.75, 3.05) is 54.1 Å². The topological polar surface area (TPSA) is 96.9 Å². The van der Waals surface area contributed by atoms with Gasteiger partial charge in [0, 0.05) is 19.6 Å². The minimum absolute atomic E-state index is 0.0442. The van der Waals surface area contributed by atoms with Crippen molar-refractivity contribution in [2.45, 2.75) is 225 Å². The molecule has 318 valence electrons. The van der Waals surface area contributed by atoms with E-state index in [2.05, 4.69) is 19.2 Å². The van der Waals surface area contributed by atoms with Gasteiger partial charge >= 0.3 is 0 Å². The third-order valence-corrected chi connectivity index (χ3v) is 11.3. The van der Waals surface area contributed by atoms with Crippen LogP contribution in [0, 0.1) is 0 Å². The van der Waals surface area contributed by atoms with Crippen molar-refractivity contribution in [2.24, 2.45) is 0 Å². The molecule has 8 nitrogen and oxygen atoms in total. The summed E-state index contributed by atoms with van der Waals surface area (Å²) in [5, 5.41) is 2.88. The highest BCUT2D eigenvalue weighted by atomic mass is 31.2. The van der Waals surface area contributed by atoms with Crippen molar-refractivity contribution >= 4 is 13.7 Å². The first-order valence-electron chi connectivity index (χ1n) is 22.9. The van der Waals surface area contributed by atoms with Gasteiger partial charge in [-0.25, -0.2) is 0 Å². The highest BCUT2D eigenvalue weighted by Crippen LogP contribution is 2.39. The number of phosphoric acid groups is 1. The number of amides is 1. The van der Waals surface area contributed by atoms with Gasteiger partial charge in [0.25, 0.3) is 7.82 Å². The lowest BCUT2D eigenvalue weighted by Crippen LogP contribution is -2.39. The van der Waals surface area contributed by atoms with Gasteiger partial charge in [0.15, 0.2) is 0 Å². The van der Waals surface area contributed by atoms with E-state index in [1.165, 1.54) is 167 Å². The van der Waals surface area contributed by atoms with E-state index in [4.69, 9.17) is 13.8 Å². The van der Waals surface area contributed by atoms with E-state index in [1.54, 1.807) is 0 Å². The quantitative estimate of drug-likeness (QED) is 0.0376. The number of hydrogen-bond donors (Lipinski definition) is 1. The van der Waals surface area contributed by atoms with Crippen molar-refractivity contribution in [3.05, 3.63) is 0 Å². The van der Waals surface area contributed by atoms with Crippen LogP contribution in [0.3, 0.4) is 0 Å². The fourth-order valence-corrected chi connectivity index (χ4v) is 7.57. The molecule has 1 amide bonds. The highest BCUT2D eigenvalue weighted by Gasteiger charge is 2.21. The van der Waals surface area contributed by atoms with Gasteiger partial charge in [0.1, 0.15) is 19.3 Å². The number of rotatable bonds is 43. The number of unbranched alkanes of at least 4 members (excludes halogenated alkanes) is 29. The highest BCUT2D eigenvalue weighted by molar-refractivity contribution is 7.45. The molecule has 0 aromatic rings. The number of nitrogens with one attached hydrogen (secondary N) is 1. The number of hydrogen-bond acceptors (Lipinski definition) is 6. The van der Waals surface area contributed by atoms with Crippen LogP contribution in [0.1, 0.15) is 219 Å². The van der Waals surface area contributed by atoms with Gasteiger partial charge < -0.3 is 28.5 Å². The first-order valence-corrected chi connectivity index (χ1v) is 24.3. The minimum Gasteiger partial charge on any atom is -0.756 e. The second kappa shape index (κ2) is 38.4. The minimum atomic E-state index is -4.53. The van der Waals surface area contributed by atoms with Crippen LogP contribution >= 0.6 is 7.82 Å².